The lowest BCUT2D eigenvalue weighted by Crippen LogP contribution is -2.43. The van der Waals surface area contributed by atoms with Crippen LogP contribution in [0.2, 0.25) is 0 Å². The number of carbonyl (C=O) groups is 1. The van der Waals surface area contributed by atoms with Gasteiger partial charge in [0, 0.05) is 5.41 Å². The van der Waals surface area contributed by atoms with Gasteiger partial charge in [0.2, 0.25) is 0 Å². The van der Waals surface area contributed by atoms with E-state index in [4.69, 9.17) is 5.73 Å². The Balaban J connectivity index is 2.98. The van der Waals surface area contributed by atoms with Crippen LogP contribution in [-0.4, -0.2) is 12.3 Å². The summed E-state index contributed by atoms with van der Waals surface area (Å²) in [5.41, 5.74) is 5.36. The lowest BCUT2D eigenvalue weighted by atomic mass is 9.64. The molecule has 0 saturated heterocycles. The van der Waals surface area contributed by atoms with Crippen LogP contribution in [-0.2, 0) is 4.79 Å². The van der Waals surface area contributed by atoms with Gasteiger partial charge in [-0.15, -0.1) is 0 Å². The molecule has 0 aromatic carbocycles. The number of hydrogen-bond acceptors (Lipinski definition) is 2. The maximum atomic E-state index is 11.8. The zero-order valence-electron chi connectivity index (χ0n) is 9.18. The van der Waals surface area contributed by atoms with Gasteiger partial charge in [-0.3, -0.25) is 4.79 Å². The Morgan fingerprint density at radius 1 is 1.46 bits per heavy atom. The minimum Gasteiger partial charge on any atom is -0.324 e. The van der Waals surface area contributed by atoms with Crippen LogP contribution in [0.4, 0.5) is 0 Å². The van der Waals surface area contributed by atoms with E-state index < -0.39 is 0 Å². The highest BCUT2D eigenvalue weighted by atomic mass is 16.1. The molecule has 0 aromatic rings. The summed E-state index contributed by atoms with van der Waals surface area (Å²) in [5.74, 6) is 0.842. The van der Waals surface area contributed by atoms with Crippen LogP contribution in [0, 0.1) is 16.7 Å². The monoisotopic (exact) mass is 183 g/mol. The topological polar surface area (TPSA) is 43.1 Å². The summed E-state index contributed by atoms with van der Waals surface area (Å²) in [5, 5.41) is 0. The van der Waals surface area contributed by atoms with Crippen molar-refractivity contribution in [2.75, 3.05) is 6.54 Å². The molecule has 2 nitrogen and oxygen atoms in total. The molecule has 0 spiro atoms. The van der Waals surface area contributed by atoms with E-state index in [1.54, 1.807) is 0 Å². The second-order valence-electron chi connectivity index (χ2n) is 5.12. The minimum atomic E-state index is -0.193. The number of hydrogen-bond donors (Lipinski definition) is 1. The van der Waals surface area contributed by atoms with Crippen LogP contribution in [0.3, 0.4) is 0 Å². The van der Waals surface area contributed by atoms with Crippen molar-refractivity contribution < 1.29 is 4.79 Å². The predicted molar refractivity (Wildman–Crippen MR) is 54.3 cm³/mol. The Labute approximate surface area is 80.9 Å². The van der Waals surface area contributed by atoms with Gasteiger partial charge in [-0.2, -0.15) is 0 Å². The van der Waals surface area contributed by atoms with Crippen molar-refractivity contribution in [1.29, 1.82) is 0 Å². The van der Waals surface area contributed by atoms with Crippen molar-refractivity contribution >= 4 is 5.78 Å². The van der Waals surface area contributed by atoms with Gasteiger partial charge in [-0.05, 0) is 24.2 Å². The van der Waals surface area contributed by atoms with Crippen LogP contribution >= 0.6 is 0 Å². The second-order valence-corrected chi connectivity index (χ2v) is 5.12. The zero-order valence-corrected chi connectivity index (χ0v) is 9.18. The van der Waals surface area contributed by atoms with E-state index in [1.807, 2.05) is 0 Å². The molecule has 0 radical (unpaired) electrons. The normalized spacial score (nSPS) is 37.8. The molecule has 1 saturated carbocycles. The molecule has 0 heterocycles. The largest absolute Gasteiger partial charge is 0.324 e. The maximum absolute atomic E-state index is 11.8. The summed E-state index contributed by atoms with van der Waals surface area (Å²) in [7, 11) is 0. The van der Waals surface area contributed by atoms with Crippen molar-refractivity contribution in [3.05, 3.63) is 0 Å². The molecule has 2 N–H and O–H groups in total. The summed E-state index contributed by atoms with van der Waals surface area (Å²) in [6, 6.07) is 0. The van der Waals surface area contributed by atoms with E-state index in [0.717, 1.165) is 12.8 Å². The Hall–Kier alpha value is -0.370. The molecule has 1 fully saturated rings. The van der Waals surface area contributed by atoms with Crippen LogP contribution in [0.5, 0.6) is 0 Å². The Bertz CT molecular complexity index is 222. The Morgan fingerprint density at radius 2 is 2.00 bits per heavy atom. The summed E-state index contributed by atoms with van der Waals surface area (Å²) < 4.78 is 0. The first-order valence-corrected chi connectivity index (χ1v) is 5.09. The first-order valence-electron chi connectivity index (χ1n) is 5.09. The van der Waals surface area contributed by atoms with Crippen LogP contribution in [0.25, 0.3) is 0 Å². The minimum absolute atomic E-state index is 0.101. The molecule has 76 valence electrons. The van der Waals surface area contributed by atoms with Crippen molar-refractivity contribution in [2.45, 2.75) is 40.5 Å². The van der Waals surface area contributed by atoms with Crippen molar-refractivity contribution in [2.24, 2.45) is 22.5 Å². The molecule has 13 heavy (non-hydrogen) atoms. The van der Waals surface area contributed by atoms with E-state index in [0.29, 0.717) is 5.92 Å². The van der Waals surface area contributed by atoms with Gasteiger partial charge >= 0.3 is 0 Å². The first kappa shape index (κ1) is 10.7. The predicted octanol–water partition coefficient (Wildman–Crippen LogP) is 1.98. The molecule has 2 unspecified atom stereocenters. The standard InChI is InChI=1S/C11H21NO/c1-8-5-6-11(4,9(13)7-12)10(8,2)3/h8H,5-7,12H2,1-4H3. The van der Waals surface area contributed by atoms with Gasteiger partial charge in [-0.25, -0.2) is 0 Å². The molecule has 2 atom stereocenters. The molecule has 0 amide bonds. The van der Waals surface area contributed by atoms with Crippen molar-refractivity contribution in [3.8, 4) is 0 Å². The van der Waals surface area contributed by atoms with Crippen LogP contribution in [0.15, 0.2) is 0 Å². The van der Waals surface area contributed by atoms with Gasteiger partial charge in [0.1, 0.15) is 0 Å². The summed E-state index contributed by atoms with van der Waals surface area (Å²) in [6.45, 7) is 8.88. The number of nitrogens with two attached hydrogens (primary N) is 1. The van der Waals surface area contributed by atoms with Crippen LogP contribution in [0.1, 0.15) is 40.5 Å². The lowest BCUT2D eigenvalue weighted by molar-refractivity contribution is -0.132. The van der Waals surface area contributed by atoms with E-state index in [1.165, 1.54) is 0 Å². The highest BCUT2D eigenvalue weighted by Crippen LogP contribution is 2.55. The fraction of sp³-hybridized carbons (Fsp3) is 0.909. The van der Waals surface area contributed by atoms with Gasteiger partial charge in [-0.1, -0.05) is 27.7 Å². The Kier molecular flexibility index (Phi) is 2.54. The van der Waals surface area contributed by atoms with Gasteiger partial charge in [0.05, 0.1) is 6.54 Å². The molecular weight excluding hydrogens is 162 g/mol. The van der Waals surface area contributed by atoms with Crippen molar-refractivity contribution in [3.63, 3.8) is 0 Å². The van der Waals surface area contributed by atoms with E-state index in [2.05, 4.69) is 27.7 Å². The van der Waals surface area contributed by atoms with Crippen molar-refractivity contribution in [1.82, 2.24) is 0 Å². The van der Waals surface area contributed by atoms with E-state index >= 15 is 0 Å². The first-order chi connectivity index (χ1) is 5.86. The Morgan fingerprint density at radius 3 is 2.31 bits per heavy atom. The molecule has 0 bridgehead atoms. The quantitative estimate of drug-likeness (QED) is 0.711. The average molecular weight is 183 g/mol. The summed E-state index contributed by atoms with van der Waals surface area (Å²) >= 11 is 0. The second kappa shape index (κ2) is 3.09. The third-order valence-electron chi connectivity index (χ3n) is 4.53. The fourth-order valence-electron chi connectivity index (χ4n) is 2.46. The third kappa shape index (κ3) is 1.32. The molecule has 0 aliphatic heterocycles. The van der Waals surface area contributed by atoms with E-state index in [9.17, 15) is 4.79 Å². The van der Waals surface area contributed by atoms with Gasteiger partial charge in [0.25, 0.3) is 0 Å². The number of ketones is 1. The average Bonchev–Trinajstić information content (AvgIpc) is 2.29. The van der Waals surface area contributed by atoms with Crippen LogP contribution < -0.4 is 5.73 Å². The third-order valence-corrected chi connectivity index (χ3v) is 4.53. The zero-order chi connectivity index (χ0) is 10.3. The summed E-state index contributed by atoms with van der Waals surface area (Å²) in [4.78, 5) is 11.8. The smallest absolute Gasteiger partial charge is 0.152 e. The molecule has 1 aliphatic carbocycles. The number of rotatable bonds is 2. The van der Waals surface area contributed by atoms with E-state index in [-0.39, 0.29) is 23.2 Å². The molecule has 1 aliphatic rings. The maximum Gasteiger partial charge on any atom is 0.152 e. The number of carbonyl (C=O) groups excluding carboxylic acids is 1. The fourth-order valence-corrected chi connectivity index (χ4v) is 2.46. The lowest BCUT2D eigenvalue weighted by Gasteiger charge is -2.39. The summed E-state index contributed by atoms with van der Waals surface area (Å²) in [6.07, 6.45) is 2.15. The molecule has 1 rings (SSSR count). The van der Waals surface area contributed by atoms with Gasteiger partial charge < -0.3 is 5.73 Å². The highest BCUT2D eigenvalue weighted by Gasteiger charge is 2.53. The molecule has 0 aromatic heterocycles. The highest BCUT2D eigenvalue weighted by molar-refractivity contribution is 5.87. The molecular formula is C11H21NO. The molecule has 2 heteroatoms. The SMILES string of the molecule is CC1CCC(C)(C(=O)CN)C1(C)C. The number of Topliss-reactive ketones (excluding diaryl/α,β-unsaturated/α-hetero) is 1. The van der Waals surface area contributed by atoms with Gasteiger partial charge in [0.15, 0.2) is 5.78 Å².